The number of pyridine rings is 1. The van der Waals surface area contributed by atoms with Crippen LogP contribution in [0.1, 0.15) is 22.3 Å². The quantitative estimate of drug-likeness (QED) is 0.695. The number of amides is 2. The fourth-order valence-electron chi connectivity index (χ4n) is 4.03. The van der Waals surface area contributed by atoms with Crippen molar-refractivity contribution in [1.29, 1.82) is 0 Å². The van der Waals surface area contributed by atoms with Gasteiger partial charge in [0.15, 0.2) is 5.78 Å². The van der Waals surface area contributed by atoms with Crippen LogP contribution >= 0.6 is 0 Å². The fourth-order valence-corrected chi connectivity index (χ4v) is 4.03. The van der Waals surface area contributed by atoms with Crippen molar-refractivity contribution in [3.05, 3.63) is 59.9 Å². The van der Waals surface area contributed by atoms with Gasteiger partial charge >= 0.3 is 6.61 Å². The number of ether oxygens (including phenoxy) is 2. The van der Waals surface area contributed by atoms with Gasteiger partial charge in [-0.25, -0.2) is 0 Å². The minimum absolute atomic E-state index is 0.0203. The molecule has 8 nitrogen and oxygen atoms in total. The average molecular weight is 445 g/mol. The molecule has 2 aromatic rings. The van der Waals surface area contributed by atoms with E-state index >= 15 is 0 Å². The Hall–Kier alpha value is -3.40. The lowest BCUT2D eigenvalue weighted by Crippen LogP contribution is -2.53. The van der Waals surface area contributed by atoms with Crippen molar-refractivity contribution >= 4 is 17.6 Å². The third kappa shape index (κ3) is 4.75. The monoisotopic (exact) mass is 445 g/mol. The molecule has 3 unspecified atom stereocenters. The normalized spacial score (nSPS) is 20.8. The molecule has 10 heteroatoms. The molecule has 168 valence electrons. The Morgan fingerprint density at radius 1 is 1.19 bits per heavy atom. The van der Waals surface area contributed by atoms with Gasteiger partial charge in [0.2, 0.25) is 5.91 Å². The van der Waals surface area contributed by atoms with Crippen LogP contribution in [0.4, 0.5) is 8.78 Å². The smallest absolute Gasteiger partial charge is 0.387 e. The zero-order chi connectivity index (χ0) is 22.7. The van der Waals surface area contributed by atoms with E-state index in [2.05, 4.69) is 15.0 Å². The zero-order valence-corrected chi connectivity index (χ0v) is 16.9. The second-order valence-electron chi connectivity index (χ2n) is 7.57. The lowest BCUT2D eigenvalue weighted by atomic mass is 10.0. The van der Waals surface area contributed by atoms with E-state index in [4.69, 9.17) is 4.74 Å². The van der Waals surface area contributed by atoms with Gasteiger partial charge in [0.25, 0.3) is 5.91 Å². The van der Waals surface area contributed by atoms with Crippen LogP contribution < -0.4 is 10.1 Å². The summed E-state index contributed by atoms with van der Waals surface area (Å²) in [7, 11) is 0. The van der Waals surface area contributed by atoms with Crippen LogP contribution in [0.25, 0.3) is 0 Å². The highest BCUT2D eigenvalue weighted by atomic mass is 19.3. The minimum atomic E-state index is -2.97. The summed E-state index contributed by atoms with van der Waals surface area (Å²) < 4.78 is 34.4. The molecule has 0 spiro atoms. The van der Waals surface area contributed by atoms with Crippen molar-refractivity contribution in [1.82, 2.24) is 15.2 Å². The molecular formula is C22H21F2N3O5. The number of aromatic nitrogens is 1. The Morgan fingerprint density at radius 2 is 1.91 bits per heavy atom. The average Bonchev–Trinajstić information content (AvgIpc) is 3.36. The first-order valence-corrected chi connectivity index (χ1v) is 10.1. The molecule has 1 aromatic heterocycles. The Balaban J connectivity index is 1.52. The van der Waals surface area contributed by atoms with E-state index in [1.165, 1.54) is 29.2 Å². The number of ketones is 1. The summed E-state index contributed by atoms with van der Waals surface area (Å²) in [6, 6.07) is 7.07. The second kappa shape index (κ2) is 9.39. The summed E-state index contributed by atoms with van der Waals surface area (Å²) in [6.07, 6.45) is 3.61. The maximum Gasteiger partial charge on any atom is 0.387 e. The zero-order valence-electron chi connectivity index (χ0n) is 16.9. The van der Waals surface area contributed by atoms with Crippen LogP contribution in [0.2, 0.25) is 0 Å². The van der Waals surface area contributed by atoms with E-state index in [1.54, 1.807) is 24.5 Å². The highest BCUT2D eigenvalue weighted by molar-refractivity contribution is 5.99. The van der Waals surface area contributed by atoms with Crippen molar-refractivity contribution in [2.75, 3.05) is 13.2 Å². The van der Waals surface area contributed by atoms with Gasteiger partial charge in [0.1, 0.15) is 24.4 Å². The molecule has 2 fully saturated rings. The third-order valence-corrected chi connectivity index (χ3v) is 5.53. The van der Waals surface area contributed by atoms with Crippen LogP contribution in [0.15, 0.2) is 48.8 Å². The summed E-state index contributed by atoms with van der Waals surface area (Å²) in [4.78, 5) is 43.8. The van der Waals surface area contributed by atoms with E-state index in [-0.39, 0.29) is 42.1 Å². The number of fused-ring (bicyclic) bond motifs is 1. The lowest BCUT2D eigenvalue weighted by Gasteiger charge is -2.27. The van der Waals surface area contributed by atoms with Gasteiger partial charge in [-0.1, -0.05) is 0 Å². The number of rotatable bonds is 7. The van der Waals surface area contributed by atoms with Crippen LogP contribution in [0.5, 0.6) is 5.75 Å². The summed E-state index contributed by atoms with van der Waals surface area (Å²) >= 11 is 0. The van der Waals surface area contributed by atoms with Gasteiger partial charge in [-0.05, 0) is 48.4 Å². The number of carbonyl (C=O) groups excluding carboxylic acids is 3. The predicted molar refractivity (Wildman–Crippen MR) is 107 cm³/mol. The number of benzene rings is 1. The van der Waals surface area contributed by atoms with Crippen LogP contribution in [-0.4, -0.2) is 65.4 Å². The molecule has 1 N–H and O–H groups in total. The number of nitrogens with one attached hydrogen (secondary N) is 1. The van der Waals surface area contributed by atoms with Gasteiger partial charge in [-0.2, -0.15) is 8.78 Å². The highest BCUT2D eigenvalue weighted by Crippen LogP contribution is 2.28. The Kier molecular flexibility index (Phi) is 6.40. The fraction of sp³-hybridized carbons (Fsp3) is 0.364. The molecule has 2 saturated heterocycles. The summed E-state index contributed by atoms with van der Waals surface area (Å²) in [6.45, 7) is -2.63. The van der Waals surface area contributed by atoms with Gasteiger partial charge < -0.3 is 19.7 Å². The molecular weight excluding hydrogens is 424 g/mol. The Bertz CT molecular complexity index is 987. The third-order valence-electron chi connectivity index (χ3n) is 5.53. The van der Waals surface area contributed by atoms with Gasteiger partial charge in [0.05, 0.1) is 6.10 Å². The molecule has 2 amide bonds. The Morgan fingerprint density at radius 3 is 2.59 bits per heavy atom. The molecule has 2 aliphatic heterocycles. The molecule has 3 atom stereocenters. The van der Waals surface area contributed by atoms with Crippen LogP contribution in [0, 0.1) is 0 Å². The number of Topliss-reactive ketones (excluding diaryl/α,β-unsaturated/α-hetero) is 1. The maximum absolute atomic E-state index is 13.4. The van der Waals surface area contributed by atoms with E-state index < -0.39 is 24.6 Å². The van der Waals surface area contributed by atoms with E-state index in [0.717, 1.165) is 5.56 Å². The maximum atomic E-state index is 13.4. The van der Waals surface area contributed by atoms with Gasteiger partial charge in [-0.15, -0.1) is 0 Å². The lowest BCUT2D eigenvalue weighted by molar-refractivity contribution is -0.138. The van der Waals surface area contributed by atoms with Crippen molar-refractivity contribution in [3.8, 4) is 5.75 Å². The standard InChI is InChI=1S/C22H21F2N3O5/c23-22(24)32-15-3-1-14(2-4-15)20(29)26-16(11-13-5-8-25-9-6-13)21(30)27-10-7-18-19(27)17(28)12-31-18/h1-6,8-9,16,18-19,22H,7,10-12H2,(H,26,29). The second-order valence-corrected chi connectivity index (χ2v) is 7.57. The van der Waals surface area contributed by atoms with E-state index in [0.29, 0.717) is 13.0 Å². The number of likely N-dealkylation sites (tertiary alicyclic amines) is 1. The van der Waals surface area contributed by atoms with Crippen LogP contribution in [0.3, 0.4) is 0 Å². The summed E-state index contributed by atoms with van der Waals surface area (Å²) in [5.74, 6) is -1.15. The number of hydrogen-bond donors (Lipinski definition) is 1. The van der Waals surface area contributed by atoms with Crippen molar-refractivity contribution < 1.29 is 32.6 Å². The highest BCUT2D eigenvalue weighted by Gasteiger charge is 2.48. The topological polar surface area (TPSA) is 97.8 Å². The number of nitrogens with zero attached hydrogens (tertiary/aromatic N) is 2. The summed E-state index contributed by atoms with van der Waals surface area (Å²) in [5.41, 5.74) is 0.961. The molecule has 0 aliphatic carbocycles. The molecule has 32 heavy (non-hydrogen) atoms. The minimum Gasteiger partial charge on any atom is -0.435 e. The SMILES string of the molecule is O=C(NC(Cc1ccncc1)C(=O)N1CCC2OCC(=O)C21)c1ccc(OC(F)F)cc1. The summed E-state index contributed by atoms with van der Waals surface area (Å²) in [5, 5.41) is 2.72. The van der Waals surface area contributed by atoms with Crippen LogP contribution in [-0.2, 0) is 20.7 Å². The first kappa shape index (κ1) is 21.8. The van der Waals surface area contributed by atoms with Crippen molar-refractivity contribution in [2.24, 2.45) is 0 Å². The number of hydrogen-bond acceptors (Lipinski definition) is 6. The molecule has 0 radical (unpaired) electrons. The number of carbonyl (C=O) groups is 3. The first-order chi connectivity index (χ1) is 15.4. The number of alkyl halides is 2. The molecule has 3 heterocycles. The van der Waals surface area contributed by atoms with E-state index in [1.807, 2.05) is 0 Å². The van der Waals surface area contributed by atoms with Crippen molar-refractivity contribution in [3.63, 3.8) is 0 Å². The van der Waals surface area contributed by atoms with Gasteiger partial charge in [-0.3, -0.25) is 19.4 Å². The first-order valence-electron chi connectivity index (χ1n) is 10.1. The van der Waals surface area contributed by atoms with Crippen molar-refractivity contribution in [2.45, 2.75) is 37.6 Å². The molecule has 0 bridgehead atoms. The predicted octanol–water partition coefficient (Wildman–Crippen LogP) is 1.59. The van der Waals surface area contributed by atoms with Gasteiger partial charge in [0, 0.05) is 30.9 Å². The molecule has 0 saturated carbocycles. The molecule has 1 aromatic carbocycles. The molecule has 2 aliphatic rings. The number of halogens is 2. The largest absolute Gasteiger partial charge is 0.435 e. The molecule has 4 rings (SSSR count). The van der Waals surface area contributed by atoms with E-state index in [9.17, 15) is 23.2 Å². The Labute approximate surface area is 182 Å².